The first kappa shape index (κ1) is 16.0. The number of rotatable bonds is 4. The smallest absolute Gasteiger partial charge is 0.250 e. The van der Waals surface area contributed by atoms with E-state index in [9.17, 15) is 8.78 Å². The van der Waals surface area contributed by atoms with Crippen molar-refractivity contribution in [2.75, 3.05) is 12.4 Å². The van der Waals surface area contributed by atoms with Crippen molar-refractivity contribution in [2.45, 2.75) is 37.6 Å². The molecule has 22 heavy (non-hydrogen) atoms. The van der Waals surface area contributed by atoms with Crippen LogP contribution in [0, 0.1) is 0 Å². The van der Waals surface area contributed by atoms with Crippen LogP contribution >= 0.6 is 34.3 Å². The van der Waals surface area contributed by atoms with Crippen molar-refractivity contribution in [2.24, 2.45) is 0 Å². The van der Waals surface area contributed by atoms with E-state index >= 15 is 0 Å². The molecular weight excluding hydrogens is 425 g/mol. The van der Waals surface area contributed by atoms with Gasteiger partial charge in [0.2, 0.25) is 5.92 Å². The summed E-state index contributed by atoms with van der Waals surface area (Å²) in [6.07, 6.45) is 1.12. The minimum absolute atomic E-state index is 0.0186. The minimum Gasteiger partial charge on any atom is -0.494 e. The second-order valence-electron chi connectivity index (χ2n) is 5.36. The molecule has 1 aromatic carbocycles. The highest BCUT2D eigenvalue weighted by Crippen LogP contribution is 2.39. The topological polar surface area (TPSA) is 43.4 Å². The van der Waals surface area contributed by atoms with Crippen LogP contribution in [0.5, 0.6) is 11.5 Å². The van der Waals surface area contributed by atoms with Gasteiger partial charge in [0, 0.05) is 31.0 Å². The van der Waals surface area contributed by atoms with E-state index < -0.39 is 5.92 Å². The zero-order chi connectivity index (χ0) is 15.7. The van der Waals surface area contributed by atoms with Gasteiger partial charge in [-0.05, 0) is 12.8 Å². The Hall–Kier alpha value is -0.900. The summed E-state index contributed by atoms with van der Waals surface area (Å²) in [5.74, 6) is -1.29. The van der Waals surface area contributed by atoms with Crippen molar-refractivity contribution < 1.29 is 16.6 Å². The Morgan fingerprint density at radius 3 is 2.95 bits per heavy atom. The third-order valence-corrected chi connectivity index (χ3v) is 5.15. The Balaban J connectivity index is 1.85. The molecule has 0 radical (unpaired) electrons. The maximum atomic E-state index is 13.5. The molecule has 1 saturated carbocycles. The Bertz CT molecular complexity index is 680. The standard InChI is InChI=1S/C14H15F2IN2O2S/c1-20-10-5-9(21-17)6-11-12(10)19-13(22-11)18-8-3-2-4-14(15,16)7-8/h5-6,8H,2-4,7H2,1H3,(H,18,19). The molecule has 0 aliphatic heterocycles. The molecular formula is C14H15F2IN2O2S. The molecule has 3 rings (SSSR count). The van der Waals surface area contributed by atoms with Gasteiger partial charge in [-0.1, -0.05) is 11.3 Å². The quantitative estimate of drug-likeness (QED) is 0.678. The fourth-order valence-electron chi connectivity index (χ4n) is 2.71. The van der Waals surface area contributed by atoms with Crippen LogP contribution in [0.2, 0.25) is 0 Å². The number of fused-ring (bicyclic) bond motifs is 1. The zero-order valence-corrected chi connectivity index (χ0v) is 14.8. The van der Waals surface area contributed by atoms with Crippen LogP contribution in [-0.4, -0.2) is 24.1 Å². The summed E-state index contributed by atoms with van der Waals surface area (Å²) >= 11 is 3.22. The Kier molecular flexibility index (Phi) is 4.58. The lowest BCUT2D eigenvalue weighted by atomic mass is 9.92. The van der Waals surface area contributed by atoms with E-state index in [1.807, 2.05) is 6.07 Å². The highest BCUT2D eigenvalue weighted by Gasteiger charge is 2.36. The number of thiazole rings is 1. The van der Waals surface area contributed by atoms with E-state index in [0.717, 1.165) is 16.6 Å². The zero-order valence-electron chi connectivity index (χ0n) is 11.9. The SMILES string of the molecule is COc1cc(OI)cc2sc(NC3CCCC(F)(F)C3)nc12. The molecule has 1 aliphatic rings. The van der Waals surface area contributed by atoms with Crippen LogP contribution in [0.15, 0.2) is 12.1 Å². The average molecular weight is 440 g/mol. The maximum absolute atomic E-state index is 13.5. The van der Waals surface area contributed by atoms with Crippen molar-refractivity contribution in [3.8, 4) is 11.5 Å². The Morgan fingerprint density at radius 1 is 1.45 bits per heavy atom. The molecule has 1 unspecified atom stereocenters. The number of hydrogen-bond acceptors (Lipinski definition) is 5. The number of aromatic nitrogens is 1. The van der Waals surface area contributed by atoms with Crippen molar-refractivity contribution in [3.63, 3.8) is 0 Å². The molecule has 120 valence electrons. The van der Waals surface area contributed by atoms with Crippen molar-refractivity contribution in [1.82, 2.24) is 4.98 Å². The first-order valence-corrected chi connectivity index (χ1v) is 8.62. The second kappa shape index (κ2) is 6.31. The molecule has 1 heterocycles. The van der Waals surface area contributed by atoms with E-state index in [1.165, 1.54) is 11.3 Å². The Labute approximate surface area is 144 Å². The van der Waals surface area contributed by atoms with Crippen LogP contribution in [0.25, 0.3) is 10.2 Å². The summed E-state index contributed by atoms with van der Waals surface area (Å²) in [6.45, 7) is 0. The monoisotopic (exact) mass is 440 g/mol. The summed E-state index contributed by atoms with van der Waals surface area (Å²) in [5, 5.41) is 3.78. The first-order valence-electron chi connectivity index (χ1n) is 6.92. The largest absolute Gasteiger partial charge is 0.494 e. The number of ether oxygens (including phenoxy) is 1. The van der Waals surface area contributed by atoms with E-state index in [1.54, 1.807) is 36.2 Å². The molecule has 4 nitrogen and oxygen atoms in total. The normalized spacial score (nSPS) is 20.8. The fourth-order valence-corrected chi connectivity index (χ4v) is 3.95. The number of anilines is 1. The molecule has 0 bridgehead atoms. The van der Waals surface area contributed by atoms with Gasteiger partial charge in [-0.2, -0.15) is 0 Å². The molecule has 1 fully saturated rings. The number of methoxy groups -OCH3 is 1. The van der Waals surface area contributed by atoms with E-state index in [-0.39, 0.29) is 18.9 Å². The van der Waals surface area contributed by atoms with Gasteiger partial charge in [-0.15, -0.1) is 0 Å². The van der Waals surface area contributed by atoms with Crippen LogP contribution < -0.4 is 13.1 Å². The molecule has 0 saturated heterocycles. The van der Waals surface area contributed by atoms with E-state index in [2.05, 4.69) is 10.3 Å². The predicted octanol–water partition coefficient (Wildman–Crippen LogP) is 5.02. The lowest BCUT2D eigenvalue weighted by molar-refractivity contribution is -0.0373. The average Bonchev–Trinajstić information content (AvgIpc) is 2.87. The van der Waals surface area contributed by atoms with Crippen molar-refractivity contribution in [1.29, 1.82) is 0 Å². The second-order valence-corrected chi connectivity index (χ2v) is 6.83. The van der Waals surface area contributed by atoms with Gasteiger partial charge < -0.3 is 13.1 Å². The van der Waals surface area contributed by atoms with Crippen LogP contribution in [0.4, 0.5) is 13.9 Å². The molecule has 0 amide bonds. The minimum atomic E-state index is -2.58. The number of nitrogens with one attached hydrogen (secondary N) is 1. The predicted molar refractivity (Wildman–Crippen MR) is 91.6 cm³/mol. The molecule has 2 aromatic rings. The molecule has 8 heteroatoms. The van der Waals surface area contributed by atoms with Crippen molar-refractivity contribution in [3.05, 3.63) is 12.1 Å². The number of benzene rings is 1. The summed E-state index contributed by atoms with van der Waals surface area (Å²) < 4.78 is 38.4. The summed E-state index contributed by atoms with van der Waals surface area (Å²) in [7, 11) is 1.57. The maximum Gasteiger partial charge on any atom is 0.250 e. The first-order chi connectivity index (χ1) is 10.5. The highest BCUT2D eigenvalue weighted by atomic mass is 127. The third-order valence-electron chi connectivity index (χ3n) is 3.71. The van der Waals surface area contributed by atoms with E-state index in [4.69, 9.17) is 7.80 Å². The van der Waals surface area contributed by atoms with Gasteiger partial charge in [0.15, 0.2) is 28.1 Å². The van der Waals surface area contributed by atoms with Crippen LogP contribution in [-0.2, 0) is 0 Å². The molecule has 1 aliphatic carbocycles. The number of hydrogen-bond donors (Lipinski definition) is 1. The number of halogens is 3. The van der Waals surface area contributed by atoms with Crippen LogP contribution in [0.3, 0.4) is 0 Å². The highest BCUT2D eigenvalue weighted by molar-refractivity contribution is 14.1. The number of alkyl halides is 2. The van der Waals surface area contributed by atoms with Gasteiger partial charge in [0.25, 0.3) is 0 Å². The van der Waals surface area contributed by atoms with Gasteiger partial charge >= 0.3 is 0 Å². The van der Waals surface area contributed by atoms with Gasteiger partial charge in [-0.3, -0.25) is 0 Å². The summed E-state index contributed by atoms with van der Waals surface area (Å²) in [5.41, 5.74) is 0.717. The molecule has 1 N–H and O–H groups in total. The van der Waals surface area contributed by atoms with Crippen LogP contribution in [0.1, 0.15) is 25.7 Å². The van der Waals surface area contributed by atoms with Crippen molar-refractivity contribution >= 4 is 49.7 Å². The van der Waals surface area contributed by atoms with E-state index in [0.29, 0.717) is 23.1 Å². The molecule has 0 spiro atoms. The molecule has 1 atom stereocenters. The third kappa shape index (κ3) is 3.37. The van der Waals surface area contributed by atoms with Gasteiger partial charge in [0.05, 0.1) is 11.8 Å². The lowest BCUT2D eigenvalue weighted by Gasteiger charge is -2.29. The number of nitrogens with zero attached hydrogens (tertiary/aromatic N) is 1. The summed E-state index contributed by atoms with van der Waals surface area (Å²) in [6, 6.07) is 3.38. The Morgan fingerprint density at radius 2 is 2.27 bits per heavy atom. The fraction of sp³-hybridized carbons (Fsp3) is 0.500. The molecule has 1 aromatic heterocycles. The van der Waals surface area contributed by atoms with Gasteiger partial charge in [0.1, 0.15) is 17.0 Å². The summed E-state index contributed by atoms with van der Waals surface area (Å²) in [4.78, 5) is 4.48. The lowest BCUT2D eigenvalue weighted by Crippen LogP contribution is -2.34. The van der Waals surface area contributed by atoms with Gasteiger partial charge in [-0.25, -0.2) is 13.8 Å².